The second-order valence-corrected chi connectivity index (χ2v) is 7.35. The van der Waals surface area contributed by atoms with Crippen LogP contribution in [0.3, 0.4) is 0 Å². The van der Waals surface area contributed by atoms with Crippen LogP contribution in [0.2, 0.25) is 0 Å². The summed E-state index contributed by atoms with van der Waals surface area (Å²) in [6, 6.07) is 4.29. The van der Waals surface area contributed by atoms with Gasteiger partial charge >= 0.3 is 0 Å². The Balaban J connectivity index is 0.00000182. The van der Waals surface area contributed by atoms with Crippen molar-refractivity contribution in [1.82, 2.24) is 20.5 Å². The second-order valence-electron chi connectivity index (χ2n) is 6.38. The van der Waals surface area contributed by atoms with E-state index in [0.29, 0.717) is 6.54 Å². The Morgan fingerprint density at radius 1 is 1.30 bits per heavy atom. The van der Waals surface area contributed by atoms with Crippen molar-refractivity contribution in [3.63, 3.8) is 0 Å². The third-order valence-electron chi connectivity index (χ3n) is 4.61. The minimum atomic E-state index is 0. The van der Waals surface area contributed by atoms with Crippen molar-refractivity contribution in [2.75, 3.05) is 26.7 Å². The fourth-order valence-corrected chi connectivity index (χ4v) is 4.21. The van der Waals surface area contributed by atoms with E-state index >= 15 is 0 Å². The Morgan fingerprint density at radius 2 is 2.11 bits per heavy atom. The number of carbonyl (C=O) groups excluding carboxylic acids is 1. The Bertz CT molecular complexity index is 721. The van der Waals surface area contributed by atoms with Crippen LogP contribution in [0.25, 0.3) is 0 Å². The third-order valence-corrected chi connectivity index (χ3v) is 5.62. The molecule has 1 aliphatic heterocycles. The van der Waals surface area contributed by atoms with Crippen molar-refractivity contribution in [3.8, 4) is 0 Å². The van der Waals surface area contributed by atoms with E-state index in [1.54, 1.807) is 11.3 Å². The van der Waals surface area contributed by atoms with Crippen molar-refractivity contribution >= 4 is 42.1 Å². The van der Waals surface area contributed by atoms with E-state index in [1.807, 2.05) is 18.6 Å². The van der Waals surface area contributed by atoms with Gasteiger partial charge in [-0.3, -0.25) is 14.7 Å². The molecule has 0 unspecified atom stereocenters. The molecule has 2 aromatic heterocycles. The number of nitrogens with one attached hydrogen (secondary N) is 2. The summed E-state index contributed by atoms with van der Waals surface area (Å²) >= 11 is 1.70. The molecule has 0 radical (unpaired) electrons. The van der Waals surface area contributed by atoms with Gasteiger partial charge in [0.1, 0.15) is 0 Å². The first-order valence-corrected chi connectivity index (χ1v) is 9.77. The van der Waals surface area contributed by atoms with Crippen LogP contribution in [0.1, 0.15) is 39.0 Å². The van der Waals surface area contributed by atoms with E-state index in [0.717, 1.165) is 50.3 Å². The van der Waals surface area contributed by atoms with Crippen molar-refractivity contribution in [3.05, 3.63) is 51.0 Å². The van der Waals surface area contributed by atoms with E-state index in [9.17, 15) is 4.79 Å². The molecule has 0 saturated carbocycles. The molecule has 0 fully saturated rings. The number of carbonyl (C=O) groups is 1. The lowest BCUT2D eigenvalue weighted by Crippen LogP contribution is -2.33. The summed E-state index contributed by atoms with van der Waals surface area (Å²) in [6.07, 6.45) is 3.93. The van der Waals surface area contributed by atoms with Crippen LogP contribution in [-0.2, 0) is 25.9 Å². The number of hydrogen-bond donors (Lipinski definition) is 2. The smallest absolute Gasteiger partial charge is 0.252 e. The van der Waals surface area contributed by atoms with Gasteiger partial charge in [0.2, 0.25) is 0 Å². The predicted molar refractivity (Wildman–Crippen MR) is 117 cm³/mol. The van der Waals surface area contributed by atoms with Crippen LogP contribution >= 0.6 is 36.2 Å². The van der Waals surface area contributed by atoms with Crippen molar-refractivity contribution in [2.45, 2.75) is 32.9 Å². The second kappa shape index (κ2) is 11.6. The normalized spacial score (nSPS) is 13.3. The number of likely N-dealkylation sites (N-methyl/N-ethyl adjacent to an activating group) is 1. The van der Waals surface area contributed by atoms with Gasteiger partial charge in [0.15, 0.2) is 0 Å². The zero-order valence-corrected chi connectivity index (χ0v) is 18.2. The minimum absolute atomic E-state index is 0. The van der Waals surface area contributed by atoms with Gasteiger partial charge in [-0.2, -0.15) is 0 Å². The number of thiophene rings is 1. The highest BCUT2D eigenvalue weighted by Crippen LogP contribution is 2.29. The summed E-state index contributed by atoms with van der Waals surface area (Å²) in [5.74, 6) is 0.0537. The first kappa shape index (κ1) is 23.9. The molecule has 0 bridgehead atoms. The van der Waals surface area contributed by atoms with Gasteiger partial charge in [-0.15, -0.1) is 36.2 Å². The van der Waals surface area contributed by atoms with Crippen LogP contribution in [-0.4, -0.2) is 42.5 Å². The molecule has 1 aliphatic rings. The number of rotatable bonds is 7. The van der Waals surface area contributed by atoms with Gasteiger partial charge in [0.25, 0.3) is 5.91 Å². The maximum absolute atomic E-state index is 12.3. The topological polar surface area (TPSA) is 57.3 Å². The number of aryl methyl sites for hydroxylation is 1. The molecule has 1 amide bonds. The molecule has 2 aromatic rings. The lowest BCUT2D eigenvalue weighted by Gasteiger charge is -2.27. The summed E-state index contributed by atoms with van der Waals surface area (Å²) in [4.78, 5) is 20.6. The zero-order valence-electron chi connectivity index (χ0n) is 15.8. The molecule has 5 nitrogen and oxygen atoms in total. The molecule has 3 heterocycles. The maximum Gasteiger partial charge on any atom is 0.252 e. The fourth-order valence-electron chi connectivity index (χ4n) is 3.09. The average Bonchev–Trinajstić information content (AvgIpc) is 3.06. The minimum Gasteiger partial charge on any atom is -0.351 e. The first-order valence-electron chi connectivity index (χ1n) is 8.89. The molecule has 0 spiro atoms. The highest BCUT2D eigenvalue weighted by Gasteiger charge is 2.23. The highest BCUT2D eigenvalue weighted by molar-refractivity contribution is 7.10. The Morgan fingerprint density at radius 3 is 2.78 bits per heavy atom. The summed E-state index contributed by atoms with van der Waals surface area (Å²) < 4.78 is 0. The number of amides is 1. The summed E-state index contributed by atoms with van der Waals surface area (Å²) in [7, 11) is 1.89. The van der Waals surface area contributed by atoms with Gasteiger partial charge < -0.3 is 10.6 Å². The fraction of sp³-hybridized carbons (Fsp3) is 0.474. The van der Waals surface area contributed by atoms with Gasteiger partial charge in [-0.25, -0.2) is 0 Å². The maximum atomic E-state index is 12.3. The Kier molecular flexibility index (Phi) is 10.3. The van der Waals surface area contributed by atoms with Crippen molar-refractivity contribution in [1.29, 1.82) is 0 Å². The molecule has 150 valence electrons. The van der Waals surface area contributed by atoms with E-state index in [4.69, 9.17) is 0 Å². The number of fused-ring (bicyclic) bond motifs is 1. The number of hydrogen-bond acceptors (Lipinski definition) is 5. The molecular weight excluding hydrogens is 403 g/mol. The van der Waals surface area contributed by atoms with Crippen LogP contribution in [0.15, 0.2) is 23.7 Å². The van der Waals surface area contributed by atoms with Crippen LogP contribution in [0, 0.1) is 0 Å². The van der Waals surface area contributed by atoms with E-state index in [-0.39, 0.29) is 30.7 Å². The van der Waals surface area contributed by atoms with Gasteiger partial charge in [0.05, 0.1) is 11.3 Å². The molecule has 0 atom stereocenters. The largest absolute Gasteiger partial charge is 0.351 e. The van der Waals surface area contributed by atoms with E-state index < -0.39 is 0 Å². The number of aromatic nitrogens is 1. The van der Waals surface area contributed by atoms with Crippen molar-refractivity contribution in [2.24, 2.45) is 0 Å². The van der Waals surface area contributed by atoms with Crippen LogP contribution in [0.5, 0.6) is 0 Å². The summed E-state index contributed by atoms with van der Waals surface area (Å²) in [5, 5.41) is 8.03. The molecule has 8 heteroatoms. The quantitative estimate of drug-likeness (QED) is 0.662. The van der Waals surface area contributed by atoms with Crippen molar-refractivity contribution < 1.29 is 4.79 Å². The molecule has 2 N–H and O–H groups in total. The Labute approximate surface area is 177 Å². The standard InChI is InChI=1S/C19H26N4OS.2ClH/c1-3-14-4-5-15(22-10-14)11-23-9-6-16-17(13-25-18(16)12-23)19(24)21-8-7-20-2;;/h4-5,10,13,20H,3,6-9,11-12H2,1-2H3,(H,21,24);2*1H. The number of pyridine rings is 1. The van der Waals surface area contributed by atoms with Crippen LogP contribution < -0.4 is 10.6 Å². The Hall–Kier alpha value is -1.18. The highest BCUT2D eigenvalue weighted by atomic mass is 35.5. The van der Waals surface area contributed by atoms with Gasteiger partial charge in [-0.05, 0) is 37.1 Å². The third kappa shape index (κ3) is 6.16. The summed E-state index contributed by atoms with van der Waals surface area (Å²) in [6.45, 7) is 6.33. The monoisotopic (exact) mass is 430 g/mol. The molecule has 0 aromatic carbocycles. The van der Waals surface area contributed by atoms with E-state index in [2.05, 4.69) is 39.6 Å². The van der Waals surface area contributed by atoms with E-state index in [1.165, 1.54) is 16.0 Å². The molecule has 3 rings (SSSR count). The van der Waals surface area contributed by atoms with Gasteiger partial charge in [-0.1, -0.05) is 13.0 Å². The number of nitrogens with zero attached hydrogens (tertiary/aromatic N) is 2. The molecule has 27 heavy (non-hydrogen) atoms. The van der Waals surface area contributed by atoms with Crippen LogP contribution in [0.4, 0.5) is 0 Å². The average molecular weight is 431 g/mol. The predicted octanol–water partition coefficient (Wildman–Crippen LogP) is 3.06. The summed E-state index contributed by atoms with van der Waals surface area (Å²) in [5.41, 5.74) is 4.48. The number of halogens is 2. The SMILES string of the molecule is CCc1ccc(CN2CCc3c(C(=O)NCCNC)csc3C2)nc1.Cl.Cl. The first-order chi connectivity index (χ1) is 12.2. The van der Waals surface area contributed by atoms with Gasteiger partial charge in [0, 0.05) is 49.2 Å². The molecule has 0 aliphatic carbocycles. The lowest BCUT2D eigenvalue weighted by molar-refractivity contribution is 0.0953. The lowest BCUT2D eigenvalue weighted by atomic mass is 10.0. The molecular formula is C19H28Cl2N4OS. The zero-order chi connectivity index (χ0) is 17.6. The molecule has 0 saturated heterocycles.